The monoisotopic (exact) mass is 226 g/mol. The van der Waals surface area contributed by atoms with Crippen LogP contribution in [0.25, 0.3) is 6.08 Å². The third kappa shape index (κ3) is 2.11. The largest absolute Gasteiger partial charge is 0.285 e. The molecular formula is C15H14O2. The third-order valence-corrected chi connectivity index (χ3v) is 3.07. The lowest BCUT2D eigenvalue weighted by atomic mass is 9.97. The lowest BCUT2D eigenvalue weighted by Gasteiger charge is -2.07. The summed E-state index contributed by atoms with van der Waals surface area (Å²) in [7, 11) is 0. The lowest BCUT2D eigenvalue weighted by Crippen LogP contribution is -2.36. The molecule has 17 heavy (non-hydrogen) atoms. The maximum Gasteiger partial charge on any atom is 0.233 e. The molecule has 1 atom stereocenters. The van der Waals surface area contributed by atoms with Gasteiger partial charge in [-0.2, -0.15) is 0 Å². The highest BCUT2D eigenvalue weighted by molar-refractivity contribution is 5.57. The van der Waals surface area contributed by atoms with Crippen LogP contribution in [0.2, 0.25) is 0 Å². The molecule has 2 aromatic carbocycles. The molecule has 0 aromatic heterocycles. The van der Waals surface area contributed by atoms with Crippen molar-refractivity contribution in [1.82, 2.24) is 0 Å². The number of hydrogen-bond acceptors (Lipinski definition) is 2. The first-order chi connectivity index (χ1) is 8.11. The van der Waals surface area contributed by atoms with Crippen LogP contribution >= 0.6 is 0 Å². The topological polar surface area (TPSA) is 34.1 Å². The Morgan fingerprint density at radius 1 is 1.06 bits per heavy atom. The fourth-order valence-corrected chi connectivity index (χ4v) is 1.83. The first-order valence-corrected chi connectivity index (χ1v) is 5.64. The van der Waals surface area contributed by atoms with Crippen molar-refractivity contribution in [2.45, 2.75) is 19.8 Å². The molecule has 0 heterocycles. The summed E-state index contributed by atoms with van der Waals surface area (Å²) in [5.41, 5.74) is 1.61. The minimum Gasteiger partial charge on any atom is -0.285 e. The van der Waals surface area contributed by atoms with Crippen LogP contribution in [-0.2, 0) is 0 Å². The van der Waals surface area contributed by atoms with Gasteiger partial charge in [-0.15, -0.1) is 0 Å². The first-order valence-electron chi connectivity index (χ1n) is 5.64. The standard InChI is InChI=1S/C15H14O2/c1-10(12-6-4-3-5-7-12)8-9-13-11(2)14(16)15(13)17/h3-10H,1-2H3/b9-8+/t10-/m0/s1. The van der Waals surface area contributed by atoms with Gasteiger partial charge in [0.1, 0.15) is 0 Å². The number of rotatable bonds is 3. The molecule has 0 bridgehead atoms. The van der Waals surface area contributed by atoms with Gasteiger partial charge in [-0.05, 0) is 18.4 Å². The zero-order chi connectivity index (χ0) is 12.4. The second kappa shape index (κ2) is 4.50. The minimum absolute atomic E-state index is 0.236. The Labute approximate surface area is 99.9 Å². The molecule has 0 aliphatic rings. The van der Waals surface area contributed by atoms with Gasteiger partial charge < -0.3 is 0 Å². The maximum atomic E-state index is 11.3. The van der Waals surface area contributed by atoms with Crippen molar-refractivity contribution in [3.8, 4) is 0 Å². The van der Waals surface area contributed by atoms with Crippen molar-refractivity contribution in [3.63, 3.8) is 0 Å². The van der Waals surface area contributed by atoms with Gasteiger partial charge in [-0.1, -0.05) is 49.4 Å². The van der Waals surface area contributed by atoms with Crippen molar-refractivity contribution in [3.05, 3.63) is 73.5 Å². The van der Waals surface area contributed by atoms with Gasteiger partial charge in [0.15, 0.2) is 0 Å². The molecule has 0 fully saturated rings. The summed E-state index contributed by atoms with van der Waals surface area (Å²) in [5.74, 6) is 0.236. The molecule has 0 saturated heterocycles. The van der Waals surface area contributed by atoms with E-state index in [2.05, 4.69) is 6.92 Å². The van der Waals surface area contributed by atoms with Gasteiger partial charge in [0.25, 0.3) is 0 Å². The number of hydrogen-bond donors (Lipinski definition) is 0. The predicted molar refractivity (Wildman–Crippen MR) is 70.0 cm³/mol. The molecule has 0 aliphatic carbocycles. The fraction of sp³-hybridized carbons (Fsp3) is 0.200. The molecule has 0 N–H and O–H groups in total. The molecule has 0 aliphatic heterocycles. The first kappa shape index (κ1) is 11.5. The quantitative estimate of drug-likeness (QED) is 0.753. The molecule has 2 heteroatoms. The summed E-state index contributed by atoms with van der Waals surface area (Å²) in [4.78, 5) is 22.3. The average molecular weight is 226 g/mol. The summed E-state index contributed by atoms with van der Waals surface area (Å²) >= 11 is 0. The lowest BCUT2D eigenvalue weighted by molar-refractivity contribution is 0.972. The van der Waals surface area contributed by atoms with Crippen LogP contribution in [0.1, 0.15) is 29.5 Å². The Hall–Kier alpha value is -1.96. The highest BCUT2D eigenvalue weighted by Crippen LogP contribution is 2.17. The van der Waals surface area contributed by atoms with Gasteiger partial charge in [0.2, 0.25) is 10.9 Å². The van der Waals surface area contributed by atoms with Crippen molar-refractivity contribution in [2.24, 2.45) is 0 Å². The highest BCUT2D eigenvalue weighted by atomic mass is 16.2. The number of allylic oxidation sites excluding steroid dienone is 1. The van der Waals surface area contributed by atoms with Gasteiger partial charge in [0, 0.05) is 11.1 Å². The van der Waals surface area contributed by atoms with Crippen LogP contribution in [0, 0.1) is 6.92 Å². The molecule has 86 valence electrons. The van der Waals surface area contributed by atoms with E-state index >= 15 is 0 Å². The van der Waals surface area contributed by atoms with E-state index in [0.717, 1.165) is 0 Å². The average Bonchev–Trinajstić information content (AvgIpc) is 2.39. The van der Waals surface area contributed by atoms with E-state index in [1.165, 1.54) is 5.56 Å². The van der Waals surface area contributed by atoms with E-state index in [1.807, 2.05) is 36.4 Å². The normalized spacial score (nSPS) is 13.3. The molecule has 0 radical (unpaired) electrons. The molecule has 0 amide bonds. The Bertz CT molecular complexity index is 614. The second-order valence-corrected chi connectivity index (χ2v) is 4.26. The van der Waals surface area contributed by atoms with Crippen molar-refractivity contribution >= 4 is 6.08 Å². The molecule has 2 nitrogen and oxygen atoms in total. The smallest absolute Gasteiger partial charge is 0.233 e. The van der Waals surface area contributed by atoms with E-state index in [9.17, 15) is 9.59 Å². The van der Waals surface area contributed by atoms with Crippen LogP contribution in [0.15, 0.2) is 46.0 Å². The molecule has 2 rings (SSSR count). The molecule has 0 unspecified atom stereocenters. The predicted octanol–water partition coefficient (Wildman–Crippen LogP) is 2.41. The van der Waals surface area contributed by atoms with Gasteiger partial charge in [-0.3, -0.25) is 9.59 Å². The molecule has 2 aromatic rings. The summed E-state index contributed by atoms with van der Waals surface area (Å²) in [6, 6.07) is 10.0. The minimum atomic E-state index is -0.362. The Balaban J connectivity index is 2.18. The second-order valence-electron chi connectivity index (χ2n) is 4.26. The van der Waals surface area contributed by atoms with E-state index in [-0.39, 0.29) is 16.8 Å². The Morgan fingerprint density at radius 2 is 1.71 bits per heavy atom. The van der Waals surface area contributed by atoms with Crippen LogP contribution in [0.5, 0.6) is 0 Å². The molecular weight excluding hydrogens is 212 g/mol. The van der Waals surface area contributed by atoms with Crippen molar-refractivity contribution < 1.29 is 0 Å². The summed E-state index contributed by atoms with van der Waals surface area (Å²) in [5, 5.41) is 0. The Kier molecular flexibility index (Phi) is 3.05. The van der Waals surface area contributed by atoms with E-state index in [1.54, 1.807) is 13.0 Å². The summed E-state index contributed by atoms with van der Waals surface area (Å²) in [6.07, 6.45) is 3.72. The highest BCUT2D eigenvalue weighted by Gasteiger charge is 2.13. The van der Waals surface area contributed by atoms with E-state index in [0.29, 0.717) is 11.1 Å². The van der Waals surface area contributed by atoms with Gasteiger partial charge in [-0.25, -0.2) is 0 Å². The van der Waals surface area contributed by atoms with Crippen molar-refractivity contribution in [1.29, 1.82) is 0 Å². The Morgan fingerprint density at radius 3 is 2.29 bits per heavy atom. The van der Waals surface area contributed by atoms with Gasteiger partial charge in [0.05, 0.1) is 0 Å². The van der Waals surface area contributed by atoms with Crippen LogP contribution in [0.4, 0.5) is 0 Å². The van der Waals surface area contributed by atoms with Crippen LogP contribution in [-0.4, -0.2) is 0 Å². The maximum absolute atomic E-state index is 11.3. The fourth-order valence-electron chi connectivity index (χ4n) is 1.83. The van der Waals surface area contributed by atoms with E-state index in [4.69, 9.17) is 0 Å². The SMILES string of the molecule is Cc1c(/C=C/[C@H](C)c2ccccc2)c(=O)c1=O. The summed E-state index contributed by atoms with van der Waals surface area (Å²) < 4.78 is 0. The number of benzene rings is 1. The summed E-state index contributed by atoms with van der Waals surface area (Å²) in [6.45, 7) is 3.75. The third-order valence-electron chi connectivity index (χ3n) is 3.07. The molecule has 0 spiro atoms. The van der Waals surface area contributed by atoms with Crippen LogP contribution in [0.3, 0.4) is 0 Å². The molecule has 0 saturated carbocycles. The van der Waals surface area contributed by atoms with Crippen LogP contribution < -0.4 is 10.9 Å². The van der Waals surface area contributed by atoms with E-state index < -0.39 is 0 Å². The van der Waals surface area contributed by atoms with Crippen molar-refractivity contribution in [2.75, 3.05) is 0 Å². The zero-order valence-electron chi connectivity index (χ0n) is 9.94. The zero-order valence-corrected chi connectivity index (χ0v) is 9.94. The van der Waals surface area contributed by atoms with Gasteiger partial charge >= 0.3 is 0 Å².